The molecule has 7 nitrogen and oxygen atoms in total. The summed E-state index contributed by atoms with van der Waals surface area (Å²) >= 11 is 4.69. The molecule has 1 saturated heterocycles. The summed E-state index contributed by atoms with van der Waals surface area (Å²) < 4.78 is 16.2. The second-order valence-electron chi connectivity index (χ2n) is 11.2. The molecule has 0 radical (unpaired) electrons. The molecule has 1 N–H and O–H groups in total. The van der Waals surface area contributed by atoms with Gasteiger partial charge >= 0.3 is 0 Å². The Hall–Kier alpha value is -5.32. The molecule has 1 unspecified atom stereocenters. The monoisotopic (exact) mass is 716 g/mol. The van der Waals surface area contributed by atoms with Crippen LogP contribution < -0.4 is 11.0 Å². The summed E-state index contributed by atoms with van der Waals surface area (Å²) in [6, 6.07) is 34.9. The molecule has 1 aliphatic heterocycles. The molecule has 236 valence electrons. The first-order valence-electron chi connectivity index (χ1n) is 15.0. The van der Waals surface area contributed by atoms with Crippen LogP contribution in [0.3, 0.4) is 0 Å². The number of fused-ring (bicyclic) bond motifs is 1. The normalized spacial score (nSPS) is 15.3. The Morgan fingerprint density at radius 1 is 0.875 bits per heavy atom. The average molecular weight is 718 g/mol. The van der Waals surface area contributed by atoms with E-state index in [4.69, 9.17) is 4.98 Å². The van der Waals surface area contributed by atoms with E-state index in [-0.39, 0.29) is 11.1 Å². The van der Waals surface area contributed by atoms with Gasteiger partial charge in [-0.25, -0.2) is 14.4 Å². The number of para-hydroxylation sites is 1. The van der Waals surface area contributed by atoms with Crippen LogP contribution in [0.25, 0.3) is 34.1 Å². The molecule has 1 fully saturated rings. The lowest BCUT2D eigenvalue weighted by molar-refractivity contribution is -0.128. The molecular weight excluding hydrogens is 691 g/mol. The minimum Gasteiger partial charge on any atom is -0.268 e. The average Bonchev–Trinajstić information content (AvgIpc) is 3.40. The third kappa shape index (κ3) is 6.20. The van der Waals surface area contributed by atoms with Crippen molar-refractivity contribution in [1.82, 2.24) is 20.0 Å². The predicted octanol–water partition coefficient (Wildman–Crippen LogP) is 8.22. The number of carbonyl (C=O) groups is 2. The van der Waals surface area contributed by atoms with E-state index < -0.39 is 23.0 Å². The van der Waals surface area contributed by atoms with Crippen LogP contribution in [0.15, 0.2) is 135 Å². The largest absolute Gasteiger partial charge is 0.280 e. The van der Waals surface area contributed by atoms with Crippen LogP contribution in [0.2, 0.25) is 0 Å². The quantitative estimate of drug-likeness (QED) is 0.176. The van der Waals surface area contributed by atoms with Gasteiger partial charge in [0.2, 0.25) is 0 Å². The fraction of sp³-hybridized carbons (Fsp3) is 0.0526. The number of nitrogens with zero attached hydrogens (tertiary/aromatic N) is 3. The first-order valence-corrected chi connectivity index (χ1v) is 16.7. The van der Waals surface area contributed by atoms with Gasteiger partial charge < -0.3 is 0 Å². The Balaban J connectivity index is 1.21. The van der Waals surface area contributed by atoms with Crippen LogP contribution in [0, 0.1) is 12.7 Å². The number of carbonyl (C=O) groups excluding carboxylic acids is 2. The molecule has 5 aromatic carbocycles. The van der Waals surface area contributed by atoms with E-state index in [1.54, 1.807) is 59.2 Å². The zero-order valence-corrected chi connectivity index (χ0v) is 27.8. The van der Waals surface area contributed by atoms with Gasteiger partial charge in [0, 0.05) is 15.6 Å². The summed E-state index contributed by atoms with van der Waals surface area (Å²) in [6.45, 7) is 1.99. The van der Waals surface area contributed by atoms with Crippen LogP contribution in [0.5, 0.6) is 0 Å². The molecule has 10 heteroatoms. The van der Waals surface area contributed by atoms with E-state index in [1.807, 2.05) is 67.6 Å². The Morgan fingerprint density at radius 2 is 1.56 bits per heavy atom. The molecule has 7 rings (SSSR count). The van der Waals surface area contributed by atoms with Gasteiger partial charge in [0.05, 0.1) is 21.5 Å². The number of nitrogens with one attached hydrogen (secondary N) is 1. The van der Waals surface area contributed by atoms with Gasteiger partial charge in [-0.1, -0.05) is 93.9 Å². The third-order valence-electron chi connectivity index (χ3n) is 7.92. The van der Waals surface area contributed by atoms with Crippen molar-refractivity contribution in [3.8, 4) is 17.1 Å². The van der Waals surface area contributed by atoms with Crippen LogP contribution in [-0.4, -0.2) is 26.4 Å². The summed E-state index contributed by atoms with van der Waals surface area (Å²) in [5.74, 6) is -0.836. The first kappa shape index (κ1) is 31.3. The molecule has 1 aromatic heterocycles. The van der Waals surface area contributed by atoms with E-state index in [0.717, 1.165) is 21.2 Å². The maximum atomic E-state index is 13.8. The zero-order chi connectivity index (χ0) is 33.4. The molecule has 0 spiro atoms. The summed E-state index contributed by atoms with van der Waals surface area (Å²) in [5, 5.41) is 1.12. The topological polar surface area (TPSA) is 84.3 Å². The highest BCUT2D eigenvalue weighted by atomic mass is 79.9. The SMILES string of the molecule is Cc1ccc(-c2nc3ccccc3c(=O)n2-c2ccc(C(=O)NN3C(=O)/C(=C\c4ccc(Br)cc4)SC3c3ccc(F)cc3)cc2)cc1. The van der Waals surface area contributed by atoms with Gasteiger partial charge in [-0.05, 0) is 84.8 Å². The molecule has 2 amide bonds. The summed E-state index contributed by atoms with van der Waals surface area (Å²) in [7, 11) is 0. The third-order valence-corrected chi connectivity index (χ3v) is 9.70. The standard InChI is InChI=1S/C38H26BrFN4O3S/c1-23-6-10-25(11-7-23)34-41-32-5-3-2-4-31(32)36(46)43(34)30-20-14-26(15-21-30)35(45)42-44-37(47)33(22-24-8-16-28(39)17-9-24)48-38(44)27-12-18-29(40)19-13-27/h2-22,38H,1H3,(H,42,45)/b33-22+. The van der Waals surface area contributed by atoms with Gasteiger partial charge in [-0.15, -0.1) is 0 Å². The van der Waals surface area contributed by atoms with Crippen molar-refractivity contribution in [2.45, 2.75) is 12.3 Å². The highest BCUT2D eigenvalue weighted by Crippen LogP contribution is 2.45. The van der Waals surface area contributed by atoms with Crippen LogP contribution in [0.1, 0.15) is 32.4 Å². The number of thioether (sulfide) groups is 1. The lowest BCUT2D eigenvalue weighted by Crippen LogP contribution is -2.44. The molecule has 0 saturated carbocycles. The summed E-state index contributed by atoms with van der Waals surface area (Å²) in [6.07, 6.45) is 1.76. The second-order valence-corrected chi connectivity index (χ2v) is 13.2. The zero-order valence-electron chi connectivity index (χ0n) is 25.4. The molecule has 48 heavy (non-hydrogen) atoms. The molecule has 6 aromatic rings. The van der Waals surface area contributed by atoms with E-state index in [9.17, 15) is 18.8 Å². The lowest BCUT2D eigenvalue weighted by Gasteiger charge is -2.24. The van der Waals surface area contributed by atoms with Crippen molar-refractivity contribution in [2.24, 2.45) is 0 Å². The van der Waals surface area contributed by atoms with E-state index in [0.29, 0.717) is 32.9 Å². The molecule has 0 aliphatic carbocycles. The number of benzene rings is 5. The smallest absolute Gasteiger partial charge is 0.268 e. The number of amides is 2. The summed E-state index contributed by atoms with van der Waals surface area (Å²) in [4.78, 5) is 46.3. The number of halogens is 2. The molecule has 1 atom stereocenters. The van der Waals surface area contributed by atoms with Crippen molar-refractivity contribution in [2.75, 3.05) is 0 Å². The number of hydrogen-bond donors (Lipinski definition) is 1. The summed E-state index contributed by atoms with van der Waals surface area (Å²) in [5.41, 5.74) is 7.25. The number of aromatic nitrogens is 2. The Kier molecular flexibility index (Phi) is 8.51. The Labute approximate surface area is 287 Å². The molecular formula is C38H26BrFN4O3S. The fourth-order valence-electron chi connectivity index (χ4n) is 5.41. The number of aryl methyl sites for hydroxylation is 1. The Morgan fingerprint density at radius 3 is 2.27 bits per heavy atom. The molecule has 1 aliphatic rings. The van der Waals surface area contributed by atoms with E-state index in [1.165, 1.54) is 28.9 Å². The van der Waals surface area contributed by atoms with Crippen LogP contribution in [-0.2, 0) is 4.79 Å². The van der Waals surface area contributed by atoms with Gasteiger partial charge in [0.25, 0.3) is 17.4 Å². The van der Waals surface area contributed by atoms with Gasteiger partial charge in [0.15, 0.2) is 0 Å². The van der Waals surface area contributed by atoms with E-state index >= 15 is 0 Å². The van der Waals surface area contributed by atoms with Crippen LogP contribution in [0.4, 0.5) is 4.39 Å². The minimum absolute atomic E-state index is 0.236. The highest BCUT2D eigenvalue weighted by molar-refractivity contribution is 9.10. The lowest BCUT2D eigenvalue weighted by atomic mass is 10.1. The number of hydrogen-bond acceptors (Lipinski definition) is 5. The van der Waals surface area contributed by atoms with Crippen molar-refractivity contribution in [3.63, 3.8) is 0 Å². The van der Waals surface area contributed by atoms with Gasteiger partial charge in [0.1, 0.15) is 17.0 Å². The Bertz CT molecular complexity index is 2270. The van der Waals surface area contributed by atoms with Crippen molar-refractivity contribution >= 4 is 56.5 Å². The van der Waals surface area contributed by atoms with Crippen molar-refractivity contribution in [3.05, 3.63) is 169 Å². The maximum absolute atomic E-state index is 13.8. The van der Waals surface area contributed by atoms with Crippen molar-refractivity contribution in [1.29, 1.82) is 0 Å². The number of rotatable bonds is 6. The predicted molar refractivity (Wildman–Crippen MR) is 191 cm³/mol. The molecule has 2 heterocycles. The second kappa shape index (κ2) is 13.1. The fourth-order valence-corrected chi connectivity index (χ4v) is 6.87. The number of hydrazine groups is 1. The minimum atomic E-state index is -0.623. The van der Waals surface area contributed by atoms with E-state index in [2.05, 4.69) is 21.4 Å². The molecule has 0 bridgehead atoms. The van der Waals surface area contributed by atoms with Crippen LogP contribution >= 0.6 is 27.7 Å². The van der Waals surface area contributed by atoms with Gasteiger partial charge in [-0.2, -0.15) is 0 Å². The van der Waals surface area contributed by atoms with Crippen molar-refractivity contribution < 1.29 is 14.0 Å². The highest BCUT2D eigenvalue weighted by Gasteiger charge is 2.38. The first-order chi connectivity index (χ1) is 23.2. The van der Waals surface area contributed by atoms with Gasteiger partial charge in [-0.3, -0.25) is 24.4 Å². The maximum Gasteiger partial charge on any atom is 0.280 e.